The fourth-order valence-corrected chi connectivity index (χ4v) is 2.54. The second kappa shape index (κ2) is 8.80. The molecule has 1 N–H and O–H groups in total. The highest BCUT2D eigenvalue weighted by Gasteiger charge is 2.20. The molecule has 1 aromatic rings. The zero-order valence-electron chi connectivity index (χ0n) is 12.9. The lowest BCUT2D eigenvalue weighted by Crippen LogP contribution is -2.47. The fraction of sp³-hybridized carbons (Fsp3) is 0.588. The van der Waals surface area contributed by atoms with Crippen molar-refractivity contribution in [2.45, 2.75) is 38.8 Å². The number of amides is 1. The summed E-state index contributed by atoms with van der Waals surface area (Å²) in [5.41, 5.74) is 1.32. The van der Waals surface area contributed by atoms with Crippen LogP contribution < -0.4 is 5.32 Å². The minimum absolute atomic E-state index is 0.105. The summed E-state index contributed by atoms with van der Waals surface area (Å²) < 4.78 is 5.74. The first-order valence-corrected chi connectivity index (χ1v) is 7.92. The van der Waals surface area contributed by atoms with E-state index in [4.69, 9.17) is 4.74 Å². The van der Waals surface area contributed by atoms with Crippen molar-refractivity contribution in [3.8, 4) is 0 Å². The van der Waals surface area contributed by atoms with Gasteiger partial charge in [0, 0.05) is 32.6 Å². The van der Waals surface area contributed by atoms with E-state index in [1.54, 1.807) is 0 Å². The van der Waals surface area contributed by atoms with Crippen LogP contribution in [0.5, 0.6) is 0 Å². The monoisotopic (exact) mass is 290 g/mol. The number of hydrogen-bond acceptors (Lipinski definition) is 3. The smallest absolute Gasteiger partial charge is 0.220 e. The highest BCUT2D eigenvalue weighted by atomic mass is 16.5. The van der Waals surface area contributed by atoms with Gasteiger partial charge < -0.3 is 10.1 Å². The van der Waals surface area contributed by atoms with Crippen molar-refractivity contribution in [2.24, 2.45) is 0 Å². The summed E-state index contributed by atoms with van der Waals surface area (Å²) in [5.74, 6) is 0.139. The third-order valence-electron chi connectivity index (χ3n) is 3.76. The Morgan fingerprint density at radius 3 is 2.95 bits per heavy atom. The number of benzene rings is 1. The van der Waals surface area contributed by atoms with E-state index in [2.05, 4.69) is 41.4 Å². The Morgan fingerprint density at radius 2 is 2.19 bits per heavy atom. The van der Waals surface area contributed by atoms with Crippen LogP contribution in [0.15, 0.2) is 30.3 Å². The van der Waals surface area contributed by atoms with Crippen LogP contribution in [0.1, 0.15) is 31.7 Å². The largest absolute Gasteiger partial charge is 0.374 e. The summed E-state index contributed by atoms with van der Waals surface area (Å²) in [6.45, 7) is 6.23. The first-order chi connectivity index (χ1) is 10.3. The minimum atomic E-state index is 0.105. The van der Waals surface area contributed by atoms with Crippen LogP contribution in [0, 0.1) is 0 Å². The summed E-state index contributed by atoms with van der Waals surface area (Å²) in [6.07, 6.45) is 2.74. The van der Waals surface area contributed by atoms with Gasteiger partial charge in [-0.25, -0.2) is 0 Å². The number of carbonyl (C=O) groups excluding carboxylic acids is 1. The third-order valence-corrected chi connectivity index (χ3v) is 3.76. The molecule has 2 rings (SSSR count). The topological polar surface area (TPSA) is 41.6 Å². The lowest BCUT2D eigenvalue weighted by atomic mass is 10.2. The molecule has 4 nitrogen and oxygen atoms in total. The van der Waals surface area contributed by atoms with E-state index >= 15 is 0 Å². The molecule has 1 fully saturated rings. The zero-order valence-corrected chi connectivity index (χ0v) is 12.9. The molecule has 1 saturated heterocycles. The lowest BCUT2D eigenvalue weighted by molar-refractivity contribution is -0.122. The zero-order chi connectivity index (χ0) is 14.9. The van der Waals surface area contributed by atoms with Gasteiger partial charge in [0.25, 0.3) is 0 Å². The highest BCUT2D eigenvalue weighted by Crippen LogP contribution is 2.10. The van der Waals surface area contributed by atoms with Crippen molar-refractivity contribution in [2.75, 3.05) is 26.2 Å². The summed E-state index contributed by atoms with van der Waals surface area (Å²) in [4.78, 5) is 14.0. The van der Waals surface area contributed by atoms with Crippen molar-refractivity contribution in [1.82, 2.24) is 10.2 Å². The molecule has 0 aliphatic carbocycles. The molecular weight excluding hydrogens is 264 g/mol. The Balaban J connectivity index is 1.72. The van der Waals surface area contributed by atoms with Crippen LogP contribution in [0.4, 0.5) is 0 Å². The van der Waals surface area contributed by atoms with Crippen molar-refractivity contribution < 1.29 is 9.53 Å². The molecule has 0 saturated carbocycles. The van der Waals surface area contributed by atoms with E-state index in [9.17, 15) is 4.79 Å². The molecule has 1 aliphatic rings. The number of nitrogens with one attached hydrogen (secondary N) is 1. The van der Waals surface area contributed by atoms with Crippen molar-refractivity contribution in [1.29, 1.82) is 0 Å². The summed E-state index contributed by atoms with van der Waals surface area (Å²) >= 11 is 0. The number of nitrogens with zero attached hydrogens (tertiary/aromatic N) is 1. The summed E-state index contributed by atoms with van der Waals surface area (Å²) in [6, 6.07) is 10.5. The Hall–Kier alpha value is -1.39. The minimum Gasteiger partial charge on any atom is -0.374 e. The normalized spacial score (nSPS) is 19.4. The van der Waals surface area contributed by atoms with E-state index < -0.39 is 0 Å². The second-order valence-electron chi connectivity index (χ2n) is 5.62. The van der Waals surface area contributed by atoms with Crippen LogP contribution in [0.3, 0.4) is 0 Å². The van der Waals surface area contributed by atoms with Crippen LogP contribution in [-0.4, -0.2) is 43.2 Å². The van der Waals surface area contributed by atoms with Gasteiger partial charge in [0.1, 0.15) is 0 Å². The Kier molecular flexibility index (Phi) is 6.70. The van der Waals surface area contributed by atoms with Crippen molar-refractivity contribution >= 4 is 5.91 Å². The molecule has 1 unspecified atom stereocenters. The molecular formula is C17H26N2O2. The van der Waals surface area contributed by atoms with Crippen LogP contribution in [0.25, 0.3) is 0 Å². The molecule has 0 bridgehead atoms. The van der Waals surface area contributed by atoms with E-state index in [0.29, 0.717) is 13.0 Å². The Labute approximate surface area is 127 Å². The lowest BCUT2D eigenvalue weighted by Gasteiger charge is -2.33. The first-order valence-electron chi connectivity index (χ1n) is 7.92. The first kappa shape index (κ1) is 16.0. The molecule has 4 heteroatoms. The van der Waals surface area contributed by atoms with Gasteiger partial charge in [-0.3, -0.25) is 9.69 Å². The van der Waals surface area contributed by atoms with E-state index in [1.165, 1.54) is 5.56 Å². The number of hydrogen-bond donors (Lipinski definition) is 1. The van der Waals surface area contributed by atoms with Gasteiger partial charge in [0.2, 0.25) is 5.91 Å². The molecule has 1 heterocycles. The number of ether oxygens (including phenoxy) is 1. The summed E-state index contributed by atoms with van der Waals surface area (Å²) in [7, 11) is 0. The second-order valence-corrected chi connectivity index (χ2v) is 5.62. The third kappa shape index (κ3) is 5.86. The highest BCUT2D eigenvalue weighted by molar-refractivity contribution is 5.75. The van der Waals surface area contributed by atoms with Gasteiger partial charge in [-0.1, -0.05) is 43.7 Å². The predicted octanol–water partition coefficient (Wildman–Crippen LogP) is 2.19. The van der Waals surface area contributed by atoms with E-state index in [1.807, 2.05) is 6.07 Å². The molecule has 0 spiro atoms. The van der Waals surface area contributed by atoms with Gasteiger partial charge >= 0.3 is 0 Å². The number of carbonyl (C=O) groups is 1. The van der Waals surface area contributed by atoms with Gasteiger partial charge in [-0.2, -0.15) is 0 Å². The van der Waals surface area contributed by atoms with Crippen LogP contribution >= 0.6 is 0 Å². The molecule has 1 aromatic carbocycles. The van der Waals surface area contributed by atoms with E-state index in [0.717, 1.165) is 39.1 Å². The fourth-order valence-electron chi connectivity index (χ4n) is 2.54. The maximum atomic E-state index is 11.6. The van der Waals surface area contributed by atoms with Crippen LogP contribution in [-0.2, 0) is 16.1 Å². The average Bonchev–Trinajstić information content (AvgIpc) is 2.52. The quantitative estimate of drug-likeness (QED) is 0.837. The maximum absolute atomic E-state index is 11.6. The Morgan fingerprint density at radius 1 is 1.38 bits per heavy atom. The average molecular weight is 290 g/mol. The van der Waals surface area contributed by atoms with Crippen molar-refractivity contribution in [3.05, 3.63) is 35.9 Å². The molecule has 0 aromatic heterocycles. The molecule has 116 valence electrons. The van der Waals surface area contributed by atoms with Crippen molar-refractivity contribution in [3.63, 3.8) is 0 Å². The summed E-state index contributed by atoms with van der Waals surface area (Å²) in [5, 5.41) is 2.98. The van der Waals surface area contributed by atoms with Gasteiger partial charge in [-0.05, 0) is 12.0 Å². The standard InChI is InChI=1S/C17H26N2O2/c1-2-3-9-17(20)18-12-16-14-19(10-11-21-16)13-15-7-5-4-6-8-15/h4-8,16H,2-3,9-14H2,1H3,(H,18,20). The SMILES string of the molecule is CCCCC(=O)NCC1CN(Cc2ccccc2)CCO1. The predicted molar refractivity (Wildman–Crippen MR) is 84.0 cm³/mol. The Bertz CT molecular complexity index is 422. The molecule has 1 aliphatic heterocycles. The number of unbranched alkanes of at least 4 members (excludes halogenated alkanes) is 1. The number of rotatable bonds is 7. The van der Waals surface area contributed by atoms with Gasteiger partial charge in [0.15, 0.2) is 0 Å². The maximum Gasteiger partial charge on any atom is 0.220 e. The van der Waals surface area contributed by atoms with E-state index in [-0.39, 0.29) is 12.0 Å². The number of morpholine rings is 1. The molecule has 21 heavy (non-hydrogen) atoms. The molecule has 0 radical (unpaired) electrons. The molecule has 1 atom stereocenters. The molecule has 1 amide bonds. The van der Waals surface area contributed by atoms with Crippen LogP contribution in [0.2, 0.25) is 0 Å². The van der Waals surface area contributed by atoms with Gasteiger partial charge in [0.05, 0.1) is 12.7 Å². The van der Waals surface area contributed by atoms with Gasteiger partial charge in [-0.15, -0.1) is 0 Å².